The van der Waals surface area contributed by atoms with Gasteiger partial charge in [0.1, 0.15) is 17.8 Å². The van der Waals surface area contributed by atoms with Gasteiger partial charge in [-0.2, -0.15) is 0 Å². The predicted molar refractivity (Wildman–Crippen MR) is 89.2 cm³/mol. The van der Waals surface area contributed by atoms with E-state index in [-0.39, 0.29) is 17.3 Å². The summed E-state index contributed by atoms with van der Waals surface area (Å²) in [5.41, 5.74) is 0.921. The van der Waals surface area contributed by atoms with Crippen LogP contribution in [0.3, 0.4) is 0 Å². The van der Waals surface area contributed by atoms with E-state index in [4.69, 9.17) is 0 Å². The highest BCUT2D eigenvalue weighted by Gasteiger charge is 2.11. The van der Waals surface area contributed by atoms with Crippen molar-refractivity contribution in [3.8, 4) is 5.75 Å². The summed E-state index contributed by atoms with van der Waals surface area (Å²) in [6.07, 6.45) is 1.88. The molecule has 0 aliphatic heterocycles. The highest BCUT2D eigenvalue weighted by Crippen LogP contribution is 2.18. The highest BCUT2D eigenvalue weighted by molar-refractivity contribution is 5.94. The number of amides is 1. The maximum absolute atomic E-state index is 11.9. The van der Waals surface area contributed by atoms with Crippen molar-refractivity contribution in [3.63, 3.8) is 0 Å². The Morgan fingerprint density at radius 2 is 2.12 bits per heavy atom. The van der Waals surface area contributed by atoms with Crippen LogP contribution < -0.4 is 10.6 Å². The van der Waals surface area contributed by atoms with Crippen LogP contribution >= 0.6 is 0 Å². The first-order valence-corrected chi connectivity index (χ1v) is 7.39. The van der Waals surface area contributed by atoms with Crippen molar-refractivity contribution >= 4 is 17.4 Å². The molecule has 24 heavy (non-hydrogen) atoms. The van der Waals surface area contributed by atoms with Crippen molar-refractivity contribution in [3.05, 3.63) is 57.8 Å². The Morgan fingerprint density at radius 3 is 2.79 bits per heavy atom. The van der Waals surface area contributed by atoms with Gasteiger partial charge < -0.3 is 15.7 Å². The van der Waals surface area contributed by atoms with Crippen molar-refractivity contribution in [2.45, 2.75) is 13.3 Å². The molecule has 3 N–H and O–H groups in total. The number of phenolic OH excluding ortho intramolecular Hbond substituents is 1. The molecule has 0 aliphatic carbocycles. The summed E-state index contributed by atoms with van der Waals surface area (Å²) in [4.78, 5) is 26.1. The minimum atomic E-state index is -0.469. The third-order valence-electron chi connectivity index (χ3n) is 3.33. The van der Waals surface area contributed by atoms with Crippen LogP contribution in [-0.2, 0) is 0 Å². The van der Waals surface area contributed by atoms with E-state index in [9.17, 15) is 20.0 Å². The molecule has 0 saturated carbocycles. The van der Waals surface area contributed by atoms with Gasteiger partial charge >= 0.3 is 0 Å². The number of carbonyl (C=O) groups is 1. The van der Waals surface area contributed by atoms with Gasteiger partial charge in [-0.05, 0) is 37.6 Å². The topological polar surface area (TPSA) is 117 Å². The number of nitrogens with one attached hydrogen (secondary N) is 2. The molecule has 0 spiro atoms. The zero-order valence-electron chi connectivity index (χ0n) is 13.2. The molecule has 1 heterocycles. The van der Waals surface area contributed by atoms with Crippen molar-refractivity contribution in [2.75, 3.05) is 18.4 Å². The number of phenols is 1. The number of rotatable bonds is 7. The van der Waals surface area contributed by atoms with Crippen LogP contribution in [-0.4, -0.2) is 34.0 Å². The summed E-state index contributed by atoms with van der Waals surface area (Å²) in [5.74, 6) is 0.344. The molecular formula is C16H18N4O4. The third kappa shape index (κ3) is 4.67. The molecule has 8 heteroatoms. The third-order valence-corrected chi connectivity index (χ3v) is 3.33. The fraction of sp³-hybridized carbons (Fsp3) is 0.250. The summed E-state index contributed by atoms with van der Waals surface area (Å²) < 4.78 is 0. The summed E-state index contributed by atoms with van der Waals surface area (Å²) in [7, 11) is 0. The number of carbonyl (C=O) groups excluding carboxylic acids is 1. The highest BCUT2D eigenvalue weighted by atomic mass is 16.6. The molecule has 0 fully saturated rings. The molecule has 1 aromatic heterocycles. The Balaban J connectivity index is 1.74. The second kappa shape index (κ2) is 7.91. The van der Waals surface area contributed by atoms with Gasteiger partial charge in [-0.15, -0.1) is 0 Å². The zero-order valence-corrected chi connectivity index (χ0v) is 13.2. The monoisotopic (exact) mass is 330 g/mol. The lowest BCUT2D eigenvalue weighted by Crippen LogP contribution is -2.25. The van der Waals surface area contributed by atoms with Crippen molar-refractivity contribution in [2.24, 2.45) is 0 Å². The van der Waals surface area contributed by atoms with E-state index in [1.807, 2.05) is 0 Å². The maximum Gasteiger partial charge on any atom is 0.290 e. The molecule has 2 rings (SSSR count). The predicted octanol–water partition coefficient (Wildman–Crippen LogP) is 2.24. The number of aryl methyl sites for hydroxylation is 1. The number of aromatic hydroxyl groups is 1. The number of nitrogens with zero attached hydrogens (tertiary/aromatic N) is 2. The van der Waals surface area contributed by atoms with Crippen molar-refractivity contribution in [1.29, 1.82) is 0 Å². The number of hydrogen-bond acceptors (Lipinski definition) is 6. The normalized spacial score (nSPS) is 10.2. The number of benzene rings is 1. The average molecular weight is 330 g/mol. The first kappa shape index (κ1) is 17.2. The van der Waals surface area contributed by atoms with E-state index in [1.165, 1.54) is 18.3 Å². The Morgan fingerprint density at radius 1 is 1.33 bits per heavy atom. The summed E-state index contributed by atoms with van der Waals surface area (Å²) in [6, 6.07) is 7.74. The molecule has 0 bridgehead atoms. The van der Waals surface area contributed by atoms with E-state index in [2.05, 4.69) is 15.6 Å². The SMILES string of the molecule is Cc1cc(NCCCNC(=O)c2cccc(O)c2)ncc1[N+](=O)[O-]. The Kier molecular flexibility index (Phi) is 5.67. The van der Waals surface area contributed by atoms with Crippen LogP contribution in [0.5, 0.6) is 5.75 Å². The molecule has 2 aromatic rings. The molecule has 1 amide bonds. The number of pyridine rings is 1. The fourth-order valence-corrected chi connectivity index (χ4v) is 2.09. The minimum absolute atomic E-state index is 0.0149. The minimum Gasteiger partial charge on any atom is -0.508 e. The van der Waals surface area contributed by atoms with E-state index in [0.29, 0.717) is 36.5 Å². The molecule has 0 radical (unpaired) electrons. The van der Waals surface area contributed by atoms with Crippen LogP contribution in [0.1, 0.15) is 22.3 Å². The largest absolute Gasteiger partial charge is 0.508 e. The van der Waals surface area contributed by atoms with Gasteiger partial charge in [0.05, 0.1) is 4.92 Å². The summed E-state index contributed by atoms with van der Waals surface area (Å²) in [5, 5.41) is 25.9. The number of anilines is 1. The molecule has 8 nitrogen and oxygen atoms in total. The molecular weight excluding hydrogens is 312 g/mol. The average Bonchev–Trinajstić information content (AvgIpc) is 2.54. The van der Waals surface area contributed by atoms with E-state index in [1.54, 1.807) is 25.1 Å². The van der Waals surface area contributed by atoms with Crippen LogP contribution in [0.25, 0.3) is 0 Å². The van der Waals surface area contributed by atoms with Crippen LogP contribution in [0, 0.1) is 17.0 Å². The Bertz CT molecular complexity index is 749. The van der Waals surface area contributed by atoms with E-state index in [0.717, 1.165) is 0 Å². The lowest BCUT2D eigenvalue weighted by molar-refractivity contribution is -0.385. The number of aromatic nitrogens is 1. The Labute approximate surface area is 138 Å². The quantitative estimate of drug-likeness (QED) is 0.407. The lowest BCUT2D eigenvalue weighted by atomic mass is 10.2. The van der Waals surface area contributed by atoms with Crippen LogP contribution in [0.15, 0.2) is 36.5 Å². The van der Waals surface area contributed by atoms with Gasteiger partial charge in [0.15, 0.2) is 0 Å². The number of nitro groups is 1. The number of hydrogen-bond donors (Lipinski definition) is 3. The van der Waals surface area contributed by atoms with Gasteiger partial charge in [0, 0.05) is 24.2 Å². The van der Waals surface area contributed by atoms with E-state index >= 15 is 0 Å². The molecule has 0 atom stereocenters. The van der Waals surface area contributed by atoms with Gasteiger partial charge in [-0.25, -0.2) is 4.98 Å². The van der Waals surface area contributed by atoms with Crippen molar-refractivity contribution in [1.82, 2.24) is 10.3 Å². The van der Waals surface area contributed by atoms with Gasteiger partial charge in [-0.1, -0.05) is 6.07 Å². The second-order valence-corrected chi connectivity index (χ2v) is 5.20. The first-order valence-electron chi connectivity index (χ1n) is 7.39. The zero-order chi connectivity index (χ0) is 17.5. The molecule has 0 unspecified atom stereocenters. The van der Waals surface area contributed by atoms with Crippen molar-refractivity contribution < 1.29 is 14.8 Å². The molecule has 0 aliphatic rings. The molecule has 1 aromatic carbocycles. The Hall–Kier alpha value is -3.16. The van der Waals surface area contributed by atoms with Gasteiger partial charge in [0.2, 0.25) is 0 Å². The standard InChI is InChI=1S/C16H18N4O4/c1-11-8-15(19-10-14(11)20(23)24)17-6-3-7-18-16(22)12-4-2-5-13(21)9-12/h2,4-5,8-10,21H,3,6-7H2,1H3,(H,17,19)(H,18,22). The molecule has 126 valence electrons. The van der Waals surface area contributed by atoms with Gasteiger partial charge in [0.25, 0.3) is 11.6 Å². The smallest absolute Gasteiger partial charge is 0.290 e. The maximum atomic E-state index is 11.9. The van der Waals surface area contributed by atoms with Gasteiger partial charge in [-0.3, -0.25) is 14.9 Å². The first-order chi connectivity index (χ1) is 11.5. The summed E-state index contributed by atoms with van der Waals surface area (Å²) >= 11 is 0. The lowest BCUT2D eigenvalue weighted by Gasteiger charge is -2.08. The van der Waals surface area contributed by atoms with Crippen LogP contribution in [0.2, 0.25) is 0 Å². The summed E-state index contributed by atoms with van der Waals surface area (Å²) in [6.45, 7) is 2.67. The fourth-order valence-electron chi connectivity index (χ4n) is 2.09. The van der Waals surface area contributed by atoms with E-state index < -0.39 is 4.92 Å². The molecule has 0 saturated heterocycles. The van der Waals surface area contributed by atoms with Crippen LogP contribution in [0.4, 0.5) is 11.5 Å². The second-order valence-electron chi connectivity index (χ2n) is 5.20.